The van der Waals surface area contributed by atoms with E-state index in [1.54, 1.807) is 0 Å². The fourth-order valence-electron chi connectivity index (χ4n) is 3.47. The molecular formula is C23H29ClN2O7S2Si. The normalized spacial score (nSPS) is 22.8. The van der Waals surface area contributed by atoms with Crippen molar-refractivity contribution in [3.8, 4) is 0 Å². The molecule has 0 spiro atoms. The van der Waals surface area contributed by atoms with Gasteiger partial charge in [0.2, 0.25) is 11.0 Å². The van der Waals surface area contributed by atoms with Crippen LogP contribution in [0.25, 0.3) is 0 Å². The molecule has 1 amide bonds. The van der Waals surface area contributed by atoms with Crippen molar-refractivity contribution >= 4 is 66.1 Å². The minimum absolute atomic E-state index is 0.0537. The molecule has 2 saturated heterocycles. The van der Waals surface area contributed by atoms with Crippen LogP contribution in [-0.4, -0.2) is 52.5 Å². The Labute approximate surface area is 224 Å². The Balaban J connectivity index is 1.78. The van der Waals surface area contributed by atoms with Crippen LogP contribution in [0.2, 0.25) is 18.1 Å². The highest BCUT2D eigenvalue weighted by Crippen LogP contribution is 2.47. The molecule has 196 valence electrons. The first-order valence-corrected chi connectivity index (χ1v) is 16.4. The summed E-state index contributed by atoms with van der Waals surface area (Å²) >= 11 is 8.71. The number of nitro groups is 1. The zero-order valence-electron chi connectivity index (χ0n) is 20.9. The number of likely N-dealkylation sites (tertiary alicyclic amines) is 1. The van der Waals surface area contributed by atoms with Crippen LogP contribution in [0.4, 0.5) is 5.69 Å². The lowest BCUT2D eigenvalue weighted by Crippen LogP contribution is -2.63. The number of rotatable bonds is 8. The first-order valence-electron chi connectivity index (χ1n) is 11.3. The maximum absolute atomic E-state index is 13.3. The summed E-state index contributed by atoms with van der Waals surface area (Å²) in [5.41, 5.74) is -0.448. The predicted octanol–water partition coefficient (Wildman–Crippen LogP) is 5.25. The van der Waals surface area contributed by atoms with Crippen LogP contribution in [0.3, 0.4) is 0 Å². The number of ether oxygens (including phenoxy) is 1. The molecule has 0 bridgehead atoms. The summed E-state index contributed by atoms with van der Waals surface area (Å²) in [6.07, 6.45) is -0.454. The predicted molar refractivity (Wildman–Crippen MR) is 143 cm³/mol. The van der Waals surface area contributed by atoms with Crippen LogP contribution in [-0.2, 0) is 30.2 Å². The lowest BCUT2D eigenvalue weighted by atomic mass is 9.92. The Morgan fingerprint density at radius 1 is 1.28 bits per heavy atom. The highest BCUT2D eigenvalue weighted by Gasteiger charge is 2.55. The molecule has 0 radical (unpaired) electrons. The van der Waals surface area contributed by atoms with Gasteiger partial charge in [0.05, 0.1) is 26.9 Å². The molecule has 3 rings (SSSR count). The number of hydrogen-bond donors (Lipinski definition) is 0. The van der Waals surface area contributed by atoms with Gasteiger partial charge in [-0.2, -0.15) is 0 Å². The highest BCUT2D eigenvalue weighted by atomic mass is 35.5. The summed E-state index contributed by atoms with van der Waals surface area (Å²) in [4.78, 5) is 49.8. The Kier molecular flexibility index (Phi) is 8.66. The van der Waals surface area contributed by atoms with Crippen LogP contribution in [0.15, 0.2) is 34.2 Å². The van der Waals surface area contributed by atoms with Crippen molar-refractivity contribution in [2.75, 3.05) is 5.75 Å². The number of carbonyl (C=O) groups is 3. The van der Waals surface area contributed by atoms with Gasteiger partial charge in [-0.15, -0.1) is 11.8 Å². The molecule has 2 aliphatic heterocycles. The van der Waals surface area contributed by atoms with E-state index in [1.165, 1.54) is 29.2 Å². The van der Waals surface area contributed by atoms with Gasteiger partial charge in [0.1, 0.15) is 12.1 Å². The summed E-state index contributed by atoms with van der Waals surface area (Å²) in [5.74, 6) is -1.64. The number of carbonyl (C=O) groups excluding carboxylic acids is 3. The van der Waals surface area contributed by atoms with E-state index in [2.05, 4.69) is 33.9 Å². The van der Waals surface area contributed by atoms with Crippen molar-refractivity contribution in [3.05, 3.63) is 49.9 Å². The lowest BCUT2D eigenvalue weighted by Gasteiger charge is -2.48. The monoisotopic (exact) mass is 572 g/mol. The second kappa shape index (κ2) is 10.9. The fourth-order valence-corrected chi connectivity index (χ4v) is 7.56. The Morgan fingerprint density at radius 2 is 1.89 bits per heavy atom. The van der Waals surface area contributed by atoms with Gasteiger partial charge < -0.3 is 9.16 Å². The van der Waals surface area contributed by atoms with Gasteiger partial charge in [-0.25, -0.2) is 4.79 Å². The topological polar surface area (TPSA) is 116 Å². The van der Waals surface area contributed by atoms with E-state index < -0.39 is 36.7 Å². The number of amides is 1. The maximum atomic E-state index is 13.3. The van der Waals surface area contributed by atoms with Gasteiger partial charge in [0, 0.05) is 12.1 Å². The van der Waals surface area contributed by atoms with Gasteiger partial charge in [-0.3, -0.25) is 24.6 Å². The molecule has 2 aliphatic rings. The summed E-state index contributed by atoms with van der Waals surface area (Å²) in [5, 5.41) is 10.7. The van der Waals surface area contributed by atoms with Gasteiger partial charge in [-0.05, 0) is 54.5 Å². The Morgan fingerprint density at radius 3 is 2.36 bits per heavy atom. The number of nitrogens with zero attached hydrogens (tertiary/aromatic N) is 2. The number of nitro benzene ring substituents is 1. The van der Waals surface area contributed by atoms with E-state index >= 15 is 0 Å². The molecule has 3 unspecified atom stereocenters. The summed E-state index contributed by atoms with van der Waals surface area (Å²) < 4.78 is 12.2. The number of halogens is 1. The van der Waals surface area contributed by atoms with Crippen molar-refractivity contribution in [1.29, 1.82) is 0 Å². The third-order valence-corrected chi connectivity index (χ3v) is 14.0. The van der Waals surface area contributed by atoms with Gasteiger partial charge >= 0.3 is 5.97 Å². The highest BCUT2D eigenvalue weighted by molar-refractivity contribution is 8.34. The minimum Gasteiger partial charge on any atom is -0.456 e. The molecule has 1 aromatic rings. The van der Waals surface area contributed by atoms with Crippen molar-refractivity contribution < 1.29 is 28.5 Å². The van der Waals surface area contributed by atoms with Crippen molar-refractivity contribution in [2.45, 2.75) is 64.0 Å². The van der Waals surface area contributed by atoms with E-state index in [9.17, 15) is 24.5 Å². The molecule has 0 aliphatic carbocycles. The number of β-lactam (4-membered cyclic amide) rings is 1. The molecule has 2 fully saturated rings. The van der Waals surface area contributed by atoms with Crippen LogP contribution >= 0.6 is 35.1 Å². The third-order valence-electron chi connectivity index (χ3n) is 6.53. The van der Waals surface area contributed by atoms with E-state index in [0.717, 1.165) is 23.5 Å². The number of esters is 1. The van der Waals surface area contributed by atoms with E-state index in [0.29, 0.717) is 9.80 Å². The fraction of sp³-hybridized carbons (Fsp3) is 0.522. The van der Waals surface area contributed by atoms with Gasteiger partial charge in [-0.1, -0.05) is 32.4 Å². The lowest BCUT2D eigenvalue weighted by molar-refractivity contribution is -0.384. The molecule has 0 N–H and O–H groups in total. The van der Waals surface area contributed by atoms with Crippen molar-refractivity contribution in [1.82, 2.24) is 4.90 Å². The number of hydrogen-bond acceptors (Lipinski definition) is 9. The number of alkyl halides is 1. The van der Waals surface area contributed by atoms with Crippen LogP contribution in [0, 0.1) is 16.0 Å². The first kappa shape index (κ1) is 28.7. The van der Waals surface area contributed by atoms with Crippen LogP contribution < -0.4 is 0 Å². The average molecular weight is 573 g/mol. The van der Waals surface area contributed by atoms with E-state index in [4.69, 9.17) is 20.8 Å². The zero-order chi connectivity index (χ0) is 27.0. The van der Waals surface area contributed by atoms with Crippen LogP contribution in [0.5, 0.6) is 0 Å². The molecule has 3 atom stereocenters. The SMILES string of the molecule is CC(O[Si](C)(C)C(C)(C)C)C1C(=O)N(C(C(=O)OCc2ccc([N+](=O)[O-])cc2)=C2SCC(=O)S2)C1Cl. The number of thioether (sulfide) groups is 2. The molecule has 9 nitrogen and oxygen atoms in total. The number of non-ortho nitro benzene ring substituents is 1. The van der Waals surface area contributed by atoms with Crippen molar-refractivity contribution in [2.24, 2.45) is 5.92 Å². The molecule has 2 heterocycles. The molecule has 1 aromatic carbocycles. The summed E-state index contributed by atoms with van der Waals surface area (Å²) in [6.45, 7) is 12.1. The second-order valence-corrected chi connectivity index (χ2v) is 17.6. The smallest absolute Gasteiger partial charge is 0.357 e. The van der Waals surface area contributed by atoms with E-state index in [-0.39, 0.29) is 39.8 Å². The molecular weight excluding hydrogens is 544 g/mol. The molecule has 13 heteroatoms. The standard InChI is InChI=1S/C23H29ClN2O7S2Si/c1-13(33-36(5,6)23(2,3)4)17-19(24)25(20(17)28)18(22-34-12-16(27)35-22)21(29)32-11-14-7-9-15(10-8-14)26(30)31/h7-10,13,17,19H,11-12H2,1-6H3. The maximum Gasteiger partial charge on any atom is 0.357 e. The van der Waals surface area contributed by atoms with E-state index in [1.807, 2.05) is 6.92 Å². The Bertz CT molecular complexity index is 1100. The summed E-state index contributed by atoms with van der Waals surface area (Å²) in [6, 6.07) is 5.59. The van der Waals surface area contributed by atoms with Gasteiger partial charge in [0.15, 0.2) is 14.0 Å². The van der Waals surface area contributed by atoms with Crippen LogP contribution in [0.1, 0.15) is 33.3 Å². The Hall–Kier alpha value is -1.86. The van der Waals surface area contributed by atoms with Crippen molar-refractivity contribution in [3.63, 3.8) is 0 Å². The zero-order valence-corrected chi connectivity index (χ0v) is 24.3. The molecule has 36 heavy (non-hydrogen) atoms. The minimum atomic E-state index is -2.17. The molecule has 0 saturated carbocycles. The number of benzene rings is 1. The second-order valence-electron chi connectivity index (χ2n) is 10.1. The quantitative estimate of drug-likeness (QED) is 0.0602. The summed E-state index contributed by atoms with van der Waals surface area (Å²) in [7, 11) is -2.17. The first-order chi connectivity index (χ1) is 16.6. The largest absolute Gasteiger partial charge is 0.456 e. The third kappa shape index (κ3) is 5.99. The molecule has 0 aromatic heterocycles. The average Bonchev–Trinajstić information content (AvgIpc) is 3.20. The van der Waals surface area contributed by atoms with Gasteiger partial charge in [0.25, 0.3) is 5.69 Å².